The van der Waals surface area contributed by atoms with E-state index in [-0.39, 0.29) is 17.4 Å². The third-order valence-electron chi connectivity index (χ3n) is 4.81. The molecule has 32 heavy (non-hydrogen) atoms. The fourth-order valence-corrected chi connectivity index (χ4v) is 4.03. The summed E-state index contributed by atoms with van der Waals surface area (Å²) in [6.45, 7) is 0. The van der Waals surface area contributed by atoms with Crippen LogP contribution in [0, 0.1) is 5.82 Å². The Morgan fingerprint density at radius 3 is 2.34 bits per heavy atom. The first-order valence-corrected chi connectivity index (χ1v) is 10.7. The summed E-state index contributed by atoms with van der Waals surface area (Å²) in [7, 11) is 3.21. The van der Waals surface area contributed by atoms with E-state index < -0.39 is 0 Å². The highest BCUT2D eigenvalue weighted by Crippen LogP contribution is 2.33. The molecule has 3 aromatic carbocycles. The second kappa shape index (κ2) is 9.65. The maximum absolute atomic E-state index is 13.2. The molecular weight excluding hydrogens is 429 g/mol. The highest BCUT2D eigenvalue weighted by molar-refractivity contribution is 7.99. The Hall–Kier alpha value is -3.65. The molecule has 0 aliphatic rings. The molecule has 0 saturated heterocycles. The van der Waals surface area contributed by atoms with E-state index in [1.807, 2.05) is 53.1 Å². The van der Waals surface area contributed by atoms with Crippen LogP contribution < -0.4 is 9.47 Å². The van der Waals surface area contributed by atoms with Crippen LogP contribution in [0.15, 0.2) is 78.0 Å². The average molecular weight is 450 g/mol. The van der Waals surface area contributed by atoms with Crippen molar-refractivity contribution in [2.75, 3.05) is 20.0 Å². The van der Waals surface area contributed by atoms with Gasteiger partial charge in [-0.1, -0.05) is 23.9 Å². The average Bonchev–Trinajstić information content (AvgIpc) is 3.26. The van der Waals surface area contributed by atoms with E-state index in [2.05, 4.69) is 10.2 Å². The molecule has 4 rings (SSSR count). The number of carbonyl (C=O) groups is 1. The lowest BCUT2D eigenvalue weighted by Gasteiger charge is -2.13. The summed E-state index contributed by atoms with van der Waals surface area (Å²) in [5.74, 6) is 1.60. The second-order valence-electron chi connectivity index (χ2n) is 6.76. The fourth-order valence-electron chi connectivity index (χ4n) is 3.18. The molecule has 0 fully saturated rings. The van der Waals surface area contributed by atoms with Gasteiger partial charge >= 0.3 is 0 Å². The van der Waals surface area contributed by atoms with Gasteiger partial charge < -0.3 is 9.47 Å². The van der Waals surface area contributed by atoms with Gasteiger partial charge in [0.1, 0.15) is 17.3 Å². The van der Waals surface area contributed by atoms with Gasteiger partial charge in [0.2, 0.25) is 0 Å². The van der Waals surface area contributed by atoms with Crippen molar-refractivity contribution in [3.05, 3.63) is 84.2 Å². The Morgan fingerprint density at radius 1 is 0.938 bits per heavy atom. The number of thioether (sulfide) groups is 1. The minimum absolute atomic E-state index is 0.127. The first-order chi connectivity index (χ1) is 15.6. The van der Waals surface area contributed by atoms with E-state index in [1.54, 1.807) is 14.2 Å². The summed E-state index contributed by atoms with van der Waals surface area (Å²) < 4.78 is 25.8. The maximum Gasteiger partial charge on any atom is 0.196 e. The van der Waals surface area contributed by atoms with Crippen LogP contribution in [0.2, 0.25) is 0 Å². The molecule has 0 unspecified atom stereocenters. The van der Waals surface area contributed by atoms with Gasteiger partial charge in [-0.05, 0) is 60.7 Å². The molecular formula is C24H20FN3O3S. The zero-order chi connectivity index (χ0) is 22.5. The van der Waals surface area contributed by atoms with Gasteiger partial charge in [-0.25, -0.2) is 4.39 Å². The third-order valence-corrected chi connectivity index (χ3v) is 5.74. The quantitative estimate of drug-likeness (QED) is 0.277. The van der Waals surface area contributed by atoms with Crippen LogP contribution in [-0.4, -0.2) is 40.5 Å². The zero-order valence-corrected chi connectivity index (χ0v) is 18.3. The van der Waals surface area contributed by atoms with Gasteiger partial charge in [0.15, 0.2) is 16.8 Å². The predicted octanol–water partition coefficient (Wildman–Crippen LogP) is 5.07. The summed E-state index contributed by atoms with van der Waals surface area (Å²) in [5.41, 5.74) is 2.03. The van der Waals surface area contributed by atoms with Gasteiger partial charge in [0.05, 0.1) is 31.2 Å². The molecule has 0 bridgehead atoms. The highest BCUT2D eigenvalue weighted by atomic mass is 32.2. The molecule has 0 radical (unpaired) electrons. The van der Waals surface area contributed by atoms with Crippen LogP contribution in [0.4, 0.5) is 4.39 Å². The van der Waals surface area contributed by atoms with Crippen molar-refractivity contribution in [2.45, 2.75) is 5.16 Å². The minimum Gasteiger partial charge on any atom is -0.497 e. The van der Waals surface area contributed by atoms with Crippen LogP contribution >= 0.6 is 11.8 Å². The van der Waals surface area contributed by atoms with Crippen molar-refractivity contribution < 1.29 is 18.7 Å². The number of Topliss-reactive ketones (excluding diaryl/α,β-unsaturated/α-hetero) is 1. The van der Waals surface area contributed by atoms with E-state index in [0.717, 1.165) is 17.0 Å². The van der Waals surface area contributed by atoms with E-state index >= 15 is 0 Å². The van der Waals surface area contributed by atoms with Gasteiger partial charge in [-0.15, -0.1) is 10.2 Å². The fraction of sp³-hybridized carbons (Fsp3) is 0.125. The normalized spacial score (nSPS) is 10.7. The highest BCUT2D eigenvalue weighted by Gasteiger charge is 2.20. The number of rotatable bonds is 8. The number of ketones is 1. The molecule has 162 valence electrons. The second-order valence-corrected chi connectivity index (χ2v) is 7.70. The maximum atomic E-state index is 13.2. The number of halogens is 1. The van der Waals surface area contributed by atoms with Crippen molar-refractivity contribution in [1.29, 1.82) is 0 Å². The Balaban J connectivity index is 1.71. The first-order valence-electron chi connectivity index (χ1n) is 9.75. The van der Waals surface area contributed by atoms with Crippen molar-refractivity contribution in [2.24, 2.45) is 0 Å². The van der Waals surface area contributed by atoms with E-state index in [9.17, 15) is 9.18 Å². The Morgan fingerprint density at radius 2 is 1.66 bits per heavy atom. The Labute approximate surface area is 189 Å². The van der Waals surface area contributed by atoms with Crippen molar-refractivity contribution in [1.82, 2.24) is 14.8 Å². The van der Waals surface area contributed by atoms with E-state index in [1.165, 1.54) is 36.0 Å². The smallest absolute Gasteiger partial charge is 0.196 e. The zero-order valence-electron chi connectivity index (χ0n) is 17.5. The molecule has 0 amide bonds. The summed E-state index contributed by atoms with van der Waals surface area (Å²) in [4.78, 5) is 12.6. The van der Waals surface area contributed by atoms with Crippen LogP contribution in [0.5, 0.6) is 11.5 Å². The number of hydrogen-bond donors (Lipinski definition) is 0. The summed E-state index contributed by atoms with van der Waals surface area (Å²) in [5, 5.41) is 9.29. The number of hydrogen-bond acceptors (Lipinski definition) is 6. The standard InChI is InChI=1S/C24H20FN3O3S/c1-30-19-13-11-18(12-14-19)28-23(20-5-3-4-6-22(20)31-2)26-27-24(28)32-15-21(29)16-7-9-17(25)10-8-16/h3-14H,15H2,1-2H3. The lowest BCUT2D eigenvalue weighted by molar-refractivity contribution is 0.102. The van der Waals surface area contributed by atoms with Gasteiger partial charge in [0, 0.05) is 5.56 Å². The first kappa shape index (κ1) is 21.6. The summed E-state index contributed by atoms with van der Waals surface area (Å²) >= 11 is 1.26. The molecule has 0 aliphatic heterocycles. The lowest BCUT2D eigenvalue weighted by Crippen LogP contribution is -2.05. The number of ether oxygens (including phenoxy) is 2. The number of para-hydroxylation sites is 1. The third kappa shape index (κ3) is 4.50. The number of aromatic nitrogens is 3. The molecule has 1 heterocycles. The summed E-state index contributed by atoms with van der Waals surface area (Å²) in [6, 6.07) is 20.5. The molecule has 1 aromatic heterocycles. The SMILES string of the molecule is COc1ccc(-n2c(SCC(=O)c3ccc(F)cc3)nnc2-c2ccccc2OC)cc1. The van der Waals surface area contributed by atoms with Crippen LogP contribution in [0.3, 0.4) is 0 Å². The molecule has 0 atom stereocenters. The molecule has 0 N–H and O–H groups in total. The number of carbonyl (C=O) groups excluding carboxylic acids is 1. The van der Waals surface area contributed by atoms with Crippen LogP contribution in [-0.2, 0) is 0 Å². The van der Waals surface area contributed by atoms with Gasteiger partial charge in [0.25, 0.3) is 0 Å². The molecule has 0 aliphatic carbocycles. The molecule has 6 nitrogen and oxygen atoms in total. The van der Waals surface area contributed by atoms with Crippen molar-refractivity contribution in [3.8, 4) is 28.6 Å². The summed E-state index contributed by atoms with van der Waals surface area (Å²) in [6.07, 6.45) is 0. The minimum atomic E-state index is -0.380. The van der Waals surface area contributed by atoms with Crippen LogP contribution in [0.1, 0.15) is 10.4 Å². The topological polar surface area (TPSA) is 66.2 Å². The molecule has 0 saturated carbocycles. The molecule has 8 heteroatoms. The number of nitrogens with zero attached hydrogens (tertiary/aromatic N) is 3. The number of methoxy groups -OCH3 is 2. The largest absolute Gasteiger partial charge is 0.497 e. The lowest BCUT2D eigenvalue weighted by atomic mass is 10.1. The van der Waals surface area contributed by atoms with Crippen molar-refractivity contribution >= 4 is 17.5 Å². The predicted molar refractivity (Wildman–Crippen MR) is 121 cm³/mol. The monoisotopic (exact) mass is 449 g/mol. The molecule has 4 aromatic rings. The van der Waals surface area contributed by atoms with E-state index in [4.69, 9.17) is 9.47 Å². The van der Waals surface area contributed by atoms with Crippen LogP contribution in [0.25, 0.3) is 17.1 Å². The molecule has 0 spiro atoms. The van der Waals surface area contributed by atoms with Gasteiger partial charge in [-0.2, -0.15) is 0 Å². The Kier molecular flexibility index (Phi) is 6.51. The van der Waals surface area contributed by atoms with Crippen molar-refractivity contribution in [3.63, 3.8) is 0 Å². The van der Waals surface area contributed by atoms with Gasteiger partial charge in [-0.3, -0.25) is 9.36 Å². The number of benzene rings is 3. The van der Waals surface area contributed by atoms with E-state index in [0.29, 0.717) is 22.3 Å². The Bertz CT molecular complexity index is 1220.